The van der Waals surface area contributed by atoms with E-state index in [1.54, 1.807) is 12.1 Å². The summed E-state index contributed by atoms with van der Waals surface area (Å²) in [6.07, 6.45) is 0. The molecule has 4 rings (SSSR count). The minimum atomic E-state index is -2.92. The average Bonchev–Trinajstić information content (AvgIpc) is 3.08. The highest BCUT2D eigenvalue weighted by atomic mass is 35.5. The Balaban J connectivity index is 1.67. The average molecular weight is 462 g/mol. The van der Waals surface area contributed by atoms with Crippen molar-refractivity contribution in [1.82, 2.24) is 5.32 Å². The molecule has 3 nitrogen and oxygen atoms in total. The van der Waals surface area contributed by atoms with Crippen LogP contribution in [0, 0.1) is 5.82 Å². The second-order valence-corrected chi connectivity index (χ2v) is 8.08. The maximum absolute atomic E-state index is 13.5. The second-order valence-electron chi connectivity index (χ2n) is 6.65. The molecule has 0 saturated carbocycles. The van der Waals surface area contributed by atoms with E-state index in [0.717, 1.165) is 16.9 Å². The lowest BCUT2D eigenvalue weighted by molar-refractivity contribution is -0.0498. The Morgan fingerprint density at radius 1 is 0.968 bits per heavy atom. The van der Waals surface area contributed by atoms with Gasteiger partial charge in [0, 0.05) is 10.1 Å². The van der Waals surface area contributed by atoms with Gasteiger partial charge in [0.25, 0.3) is 5.91 Å². The summed E-state index contributed by atoms with van der Waals surface area (Å²) in [5, 5.41) is 3.80. The number of rotatable bonds is 6. The van der Waals surface area contributed by atoms with E-state index in [9.17, 15) is 18.0 Å². The van der Waals surface area contributed by atoms with Gasteiger partial charge in [0.15, 0.2) is 0 Å². The molecule has 0 spiro atoms. The molecule has 0 radical (unpaired) electrons. The number of thiophene rings is 1. The molecule has 1 amide bonds. The van der Waals surface area contributed by atoms with E-state index in [1.165, 1.54) is 30.3 Å². The van der Waals surface area contributed by atoms with Crippen LogP contribution in [0.3, 0.4) is 0 Å². The smallest absolute Gasteiger partial charge is 0.387 e. The number of hydrogen-bond donors (Lipinski definition) is 1. The van der Waals surface area contributed by atoms with Crippen molar-refractivity contribution >= 4 is 38.9 Å². The van der Waals surface area contributed by atoms with Gasteiger partial charge in [-0.1, -0.05) is 54.1 Å². The molecule has 0 fully saturated rings. The van der Waals surface area contributed by atoms with Gasteiger partial charge in [-0.3, -0.25) is 4.79 Å². The van der Waals surface area contributed by atoms with Crippen molar-refractivity contribution in [2.75, 3.05) is 0 Å². The fourth-order valence-electron chi connectivity index (χ4n) is 3.23. The summed E-state index contributed by atoms with van der Waals surface area (Å²) in [4.78, 5) is 13.4. The van der Waals surface area contributed by atoms with Crippen molar-refractivity contribution in [2.45, 2.75) is 12.7 Å². The Bertz CT molecular complexity index is 1210. The van der Waals surface area contributed by atoms with Gasteiger partial charge in [-0.05, 0) is 41.5 Å². The third-order valence-corrected chi connectivity index (χ3v) is 6.30. The number of fused-ring (bicyclic) bond motifs is 1. The first-order valence-corrected chi connectivity index (χ1v) is 10.4. The molecule has 1 heterocycles. The van der Waals surface area contributed by atoms with Crippen molar-refractivity contribution in [3.05, 3.63) is 99.6 Å². The molecule has 1 atom stereocenters. The maximum Gasteiger partial charge on any atom is 0.387 e. The number of alkyl halides is 2. The van der Waals surface area contributed by atoms with Crippen molar-refractivity contribution in [1.29, 1.82) is 0 Å². The first kappa shape index (κ1) is 21.2. The predicted molar refractivity (Wildman–Crippen MR) is 116 cm³/mol. The van der Waals surface area contributed by atoms with Gasteiger partial charge in [0.1, 0.15) is 16.4 Å². The highest BCUT2D eigenvalue weighted by Gasteiger charge is 2.22. The lowest BCUT2D eigenvalue weighted by atomic mass is 9.98. The summed E-state index contributed by atoms with van der Waals surface area (Å²) < 4.78 is 43.4. The van der Waals surface area contributed by atoms with Crippen LogP contribution in [-0.2, 0) is 0 Å². The number of nitrogens with one attached hydrogen (secondary N) is 1. The van der Waals surface area contributed by atoms with Crippen LogP contribution in [0.1, 0.15) is 26.8 Å². The molecule has 158 valence electrons. The minimum Gasteiger partial charge on any atom is -0.435 e. The molecule has 0 aliphatic carbocycles. The summed E-state index contributed by atoms with van der Waals surface area (Å²) in [6.45, 7) is -2.92. The van der Waals surface area contributed by atoms with Crippen molar-refractivity contribution in [3.8, 4) is 5.75 Å². The van der Waals surface area contributed by atoms with Crippen LogP contribution in [0.2, 0.25) is 5.02 Å². The Kier molecular flexibility index (Phi) is 6.15. The van der Waals surface area contributed by atoms with Crippen molar-refractivity contribution in [3.63, 3.8) is 0 Å². The van der Waals surface area contributed by atoms with Crippen molar-refractivity contribution in [2.24, 2.45) is 0 Å². The van der Waals surface area contributed by atoms with E-state index >= 15 is 0 Å². The standard InChI is InChI=1S/C23H15ClF3NO2S/c24-19-17-11-8-15(25)12-18(17)31-21(19)22(29)28-20(13-4-2-1-3-5-13)14-6-9-16(10-7-14)30-23(26)27/h1-12,20,23H,(H,28,29). The number of amides is 1. The minimum absolute atomic E-state index is 0.0199. The first-order valence-electron chi connectivity index (χ1n) is 9.20. The van der Waals surface area contributed by atoms with E-state index in [-0.39, 0.29) is 15.6 Å². The Labute approximate surface area is 185 Å². The molecule has 4 aromatic rings. The summed E-state index contributed by atoms with van der Waals surface area (Å²) in [7, 11) is 0. The van der Waals surface area contributed by atoms with Crippen LogP contribution in [0.4, 0.5) is 13.2 Å². The van der Waals surface area contributed by atoms with Crippen LogP contribution in [0.5, 0.6) is 5.75 Å². The molecule has 0 aliphatic heterocycles. The SMILES string of the molecule is O=C(NC(c1ccccc1)c1ccc(OC(F)F)cc1)c1sc2cc(F)ccc2c1Cl. The van der Waals surface area contributed by atoms with Crippen molar-refractivity contribution < 1.29 is 22.7 Å². The number of benzene rings is 3. The summed E-state index contributed by atoms with van der Waals surface area (Å²) >= 11 is 7.49. The molecule has 31 heavy (non-hydrogen) atoms. The Morgan fingerprint density at radius 2 is 1.65 bits per heavy atom. The monoisotopic (exact) mass is 461 g/mol. The molecular weight excluding hydrogens is 447 g/mol. The third-order valence-electron chi connectivity index (χ3n) is 4.64. The second kappa shape index (κ2) is 8.99. The molecule has 0 aliphatic rings. The van der Waals surface area contributed by atoms with Crippen LogP contribution < -0.4 is 10.1 Å². The molecule has 8 heteroatoms. The molecule has 1 aromatic heterocycles. The van der Waals surface area contributed by atoms with E-state index in [2.05, 4.69) is 10.1 Å². The van der Waals surface area contributed by atoms with Gasteiger partial charge in [-0.25, -0.2) is 4.39 Å². The third kappa shape index (κ3) is 4.68. The molecule has 0 saturated heterocycles. The normalized spacial score (nSPS) is 12.2. The zero-order valence-electron chi connectivity index (χ0n) is 15.8. The van der Waals surface area contributed by atoms with Crippen LogP contribution in [0.15, 0.2) is 72.8 Å². The van der Waals surface area contributed by atoms with Gasteiger partial charge in [-0.2, -0.15) is 8.78 Å². The lowest BCUT2D eigenvalue weighted by Gasteiger charge is -2.20. The first-order chi connectivity index (χ1) is 14.9. The molecule has 3 aromatic carbocycles. The topological polar surface area (TPSA) is 38.3 Å². The number of hydrogen-bond acceptors (Lipinski definition) is 3. The maximum atomic E-state index is 13.5. The lowest BCUT2D eigenvalue weighted by Crippen LogP contribution is -2.29. The zero-order chi connectivity index (χ0) is 22.0. The van der Waals surface area contributed by atoms with Gasteiger partial charge >= 0.3 is 6.61 Å². The van der Waals surface area contributed by atoms with Crippen LogP contribution >= 0.6 is 22.9 Å². The van der Waals surface area contributed by atoms with E-state index in [1.807, 2.05) is 30.3 Å². The van der Waals surface area contributed by atoms with Crippen LogP contribution in [-0.4, -0.2) is 12.5 Å². The largest absolute Gasteiger partial charge is 0.435 e. The zero-order valence-corrected chi connectivity index (χ0v) is 17.4. The van der Waals surface area contributed by atoms with E-state index in [4.69, 9.17) is 11.6 Å². The van der Waals surface area contributed by atoms with Gasteiger partial charge in [0.2, 0.25) is 0 Å². The number of halogens is 4. The Morgan fingerprint density at radius 3 is 2.32 bits per heavy atom. The van der Waals surface area contributed by atoms with E-state index < -0.39 is 24.4 Å². The predicted octanol–water partition coefficient (Wildman–Crippen LogP) is 6.81. The van der Waals surface area contributed by atoms with Gasteiger partial charge in [-0.15, -0.1) is 11.3 Å². The quantitative estimate of drug-likeness (QED) is 0.342. The fraction of sp³-hybridized carbons (Fsp3) is 0.0870. The van der Waals surface area contributed by atoms with Gasteiger partial charge < -0.3 is 10.1 Å². The fourth-order valence-corrected chi connectivity index (χ4v) is 4.67. The number of carbonyl (C=O) groups excluding carboxylic acids is 1. The summed E-state index contributed by atoms with van der Waals surface area (Å²) in [5.41, 5.74) is 1.46. The summed E-state index contributed by atoms with van der Waals surface area (Å²) in [5.74, 6) is -0.814. The molecule has 0 bridgehead atoms. The molecule has 1 N–H and O–H groups in total. The molecular formula is C23H15ClF3NO2S. The molecule has 1 unspecified atom stereocenters. The van der Waals surface area contributed by atoms with Gasteiger partial charge in [0.05, 0.1) is 11.1 Å². The Hall–Kier alpha value is -3.03. The van der Waals surface area contributed by atoms with Crippen LogP contribution in [0.25, 0.3) is 10.1 Å². The van der Waals surface area contributed by atoms with E-state index in [0.29, 0.717) is 15.6 Å². The highest BCUT2D eigenvalue weighted by Crippen LogP contribution is 2.36. The summed E-state index contributed by atoms with van der Waals surface area (Å²) in [6, 6.07) is 18.8. The number of carbonyl (C=O) groups is 1. The number of ether oxygens (including phenoxy) is 1. The highest BCUT2D eigenvalue weighted by molar-refractivity contribution is 7.21.